The van der Waals surface area contributed by atoms with E-state index in [2.05, 4.69) is 32.0 Å². The maximum absolute atomic E-state index is 5.46. The SMILES string of the molecule is COc1ccc2c(c1)CC[C@@H]1[C@@H]2CC[C@@]2(C)[C@H]1CC[C@]2(C)C1CC1. The summed E-state index contributed by atoms with van der Waals surface area (Å²) in [5.41, 5.74) is 4.48. The van der Waals surface area contributed by atoms with E-state index in [1.54, 1.807) is 18.2 Å². The molecule has 1 nitrogen and oxygen atoms in total. The van der Waals surface area contributed by atoms with Crippen molar-refractivity contribution in [3.05, 3.63) is 29.3 Å². The van der Waals surface area contributed by atoms with Crippen molar-refractivity contribution in [2.75, 3.05) is 7.11 Å². The van der Waals surface area contributed by atoms with Crippen molar-refractivity contribution < 1.29 is 4.74 Å². The minimum atomic E-state index is 0.610. The van der Waals surface area contributed by atoms with Crippen LogP contribution < -0.4 is 4.74 Å². The molecule has 0 bridgehead atoms. The van der Waals surface area contributed by atoms with Gasteiger partial charge in [-0.25, -0.2) is 0 Å². The van der Waals surface area contributed by atoms with Crippen LogP contribution in [0.2, 0.25) is 0 Å². The number of fused-ring (bicyclic) bond motifs is 5. The summed E-state index contributed by atoms with van der Waals surface area (Å²) in [4.78, 5) is 0. The fourth-order valence-electron chi connectivity index (χ4n) is 7.38. The fourth-order valence-corrected chi connectivity index (χ4v) is 7.38. The van der Waals surface area contributed by atoms with Gasteiger partial charge in [0.1, 0.15) is 5.75 Å². The Balaban J connectivity index is 1.49. The summed E-state index contributed by atoms with van der Waals surface area (Å²) >= 11 is 0. The van der Waals surface area contributed by atoms with Gasteiger partial charge in [0.05, 0.1) is 7.11 Å². The van der Waals surface area contributed by atoms with Gasteiger partial charge in [-0.15, -0.1) is 0 Å². The van der Waals surface area contributed by atoms with Crippen LogP contribution >= 0.6 is 0 Å². The van der Waals surface area contributed by atoms with E-state index in [9.17, 15) is 0 Å². The third-order valence-corrected chi connectivity index (χ3v) is 9.08. The van der Waals surface area contributed by atoms with Crippen molar-refractivity contribution in [2.45, 2.75) is 71.1 Å². The van der Waals surface area contributed by atoms with Crippen LogP contribution in [0.15, 0.2) is 18.2 Å². The van der Waals surface area contributed by atoms with E-state index in [0.717, 1.165) is 29.4 Å². The summed E-state index contributed by atoms with van der Waals surface area (Å²) in [6.45, 7) is 5.34. The molecular formula is C23H32O. The number of aryl methyl sites for hydroxylation is 1. The lowest BCUT2D eigenvalue weighted by Gasteiger charge is -2.54. The van der Waals surface area contributed by atoms with Gasteiger partial charge in [-0.2, -0.15) is 0 Å². The molecule has 0 amide bonds. The number of rotatable bonds is 2. The number of benzene rings is 1. The lowest BCUT2D eigenvalue weighted by atomic mass is 9.50. The van der Waals surface area contributed by atoms with Gasteiger partial charge in [-0.05, 0) is 109 Å². The van der Waals surface area contributed by atoms with Crippen LogP contribution in [0.4, 0.5) is 0 Å². The Labute approximate surface area is 147 Å². The Morgan fingerprint density at radius 3 is 2.50 bits per heavy atom. The minimum absolute atomic E-state index is 0.610. The van der Waals surface area contributed by atoms with Crippen LogP contribution in [0.5, 0.6) is 5.75 Å². The molecule has 0 saturated heterocycles. The minimum Gasteiger partial charge on any atom is -0.497 e. The molecule has 0 aromatic heterocycles. The molecule has 24 heavy (non-hydrogen) atoms. The van der Waals surface area contributed by atoms with Crippen LogP contribution in [-0.2, 0) is 6.42 Å². The summed E-state index contributed by atoms with van der Waals surface area (Å²) in [6.07, 6.45) is 11.6. The van der Waals surface area contributed by atoms with Gasteiger partial charge in [0.25, 0.3) is 0 Å². The van der Waals surface area contributed by atoms with E-state index < -0.39 is 0 Å². The van der Waals surface area contributed by atoms with Crippen LogP contribution in [0.3, 0.4) is 0 Å². The van der Waals surface area contributed by atoms with E-state index in [-0.39, 0.29) is 0 Å². The lowest BCUT2D eigenvalue weighted by Crippen LogP contribution is -2.46. The summed E-state index contributed by atoms with van der Waals surface area (Å²) < 4.78 is 5.46. The van der Waals surface area contributed by atoms with Gasteiger partial charge in [0.15, 0.2) is 0 Å². The molecular weight excluding hydrogens is 292 g/mol. The van der Waals surface area contributed by atoms with E-state index in [4.69, 9.17) is 4.74 Å². The second kappa shape index (κ2) is 5.02. The van der Waals surface area contributed by atoms with Gasteiger partial charge in [-0.3, -0.25) is 0 Å². The zero-order chi connectivity index (χ0) is 16.5. The van der Waals surface area contributed by atoms with E-state index in [1.807, 2.05) is 0 Å². The molecule has 0 unspecified atom stereocenters. The van der Waals surface area contributed by atoms with Crippen LogP contribution in [-0.4, -0.2) is 7.11 Å². The molecule has 0 heterocycles. The number of hydrogen-bond donors (Lipinski definition) is 0. The van der Waals surface area contributed by atoms with Gasteiger partial charge in [0.2, 0.25) is 0 Å². The van der Waals surface area contributed by atoms with Crippen LogP contribution in [0.1, 0.15) is 75.8 Å². The van der Waals surface area contributed by atoms with E-state index in [1.165, 1.54) is 51.4 Å². The zero-order valence-corrected chi connectivity index (χ0v) is 15.6. The van der Waals surface area contributed by atoms with Crippen molar-refractivity contribution in [3.8, 4) is 5.75 Å². The van der Waals surface area contributed by atoms with Gasteiger partial charge >= 0.3 is 0 Å². The first-order valence-corrected chi connectivity index (χ1v) is 10.2. The summed E-state index contributed by atoms with van der Waals surface area (Å²) in [5.74, 6) is 4.81. The fraction of sp³-hybridized carbons (Fsp3) is 0.739. The molecule has 3 fully saturated rings. The quantitative estimate of drug-likeness (QED) is 0.651. The van der Waals surface area contributed by atoms with Crippen molar-refractivity contribution in [3.63, 3.8) is 0 Å². The summed E-state index contributed by atoms with van der Waals surface area (Å²) in [5, 5.41) is 0. The largest absolute Gasteiger partial charge is 0.497 e. The molecule has 1 aromatic carbocycles. The van der Waals surface area contributed by atoms with Crippen LogP contribution in [0, 0.1) is 28.6 Å². The molecule has 0 spiro atoms. The summed E-state index contributed by atoms with van der Waals surface area (Å²) in [6, 6.07) is 6.89. The Kier molecular flexibility index (Phi) is 3.20. The number of methoxy groups -OCH3 is 1. The number of ether oxygens (including phenoxy) is 1. The first-order valence-electron chi connectivity index (χ1n) is 10.2. The maximum Gasteiger partial charge on any atom is 0.119 e. The molecule has 5 atom stereocenters. The first kappa shape index (κ1) is 15.3. The highest BCUT2D eigenvalue weighted by Gasteiger charge is 2.63. The standard InChI is InChI=1S/C23H32O/c1-22(16-5-6-16)13-11-21-20-8-4-15-14-17(24-3)7-9-18(15)19(20)10-12-23(21,22)2/h7,9,14,16,19-21H,4-6,8,10-13H2,1-3H3/t19-,20-,21+,22-,23+/m1/s1. The molecule has 1 heteroatoms. The molecule has 0 radical (unpaired) electrons. The molecule has 4 aliphatic rings. The second-order valence-electron chi connectivity index (χ2n) is 9.67. The molecule has 0 N–H and O–H groups in total. The molecule has 4 aliphatic carbocycles. The predicted octanol–water partition coefficient (Wildman–Crippen LogP) is 5.97. The predicted molar refractivity (Wildman–Crippen MR) is 98.4 cm³/mol. The highest BCUT2D eigenvalue weighted by atomic mass is 16.5. The third-order valence-electron chi connectivity index (χ3n) is 9.08. The van der Waals surface area contributed by atoms with Crippen molar-refractivity contribution in [1.29, 1.82) is 0 Å². The highest BCUT2D eigenvalue weighted by molar-refractivity contribution is 5.40. The smallest absolute Gasteiger partial charge is 0.119 e. The normalized spacial score (nSPS) is 43.7. The molecule has 1 aromatic rings. The third kappa shape index (κ3) is 1.88. The molecule has 130 valence electrons. The summed E-state index contributed by atoms with van der Waals surface area (Å²) in [7, 11) is 1.79. The zero-order valence-electron chi connectivity index (χ0n) is 15.6. The maximum atomic E-state index is 5.46. The van der Waals surface area contributed by atoms with Crippen molar-refractivity contribution >= 4 is 0 Å². The highest BCUT2D eigenvalue weighted by Crippen LogP contribution is 2.72. The Morgan fingerprint density at radius 2 is 1.75 bits per heavy atom. The average Bonchev–Trinajstić information content (AvgIpc) is 3.41. The number of hydrogen-bond acceptors (Lipinski definition) is 1. The second-order valence-corrected chi connectivity index (χ2v) is 9.67. The topological polar surface area (TPSA) is 9.23 Å². The van der Waals surface area contributed by atoms with E-state index >= 15 is 0 Å². The van der Waals surface area contributed by atoms with Gasteiger partial charge in [0, 0.05) is 0 Å². The molecule has 3 saturated carbocycles. The Hall–Kier alpha value is -0.980. The monoisotopic (exact) mass is 324 g/mol. The first-order chi connectivity index (χ1) is 11.6. The Bertz CT molecular complexity index is 660. The van der Waals surface area contributed by atoms with Crippen molar-refractivity contribution in [2.24, 2.45) is 28.6 Å². The molecule has 0 aliphatic heterocycles. The molecule has 5 rings (SSSR count). The van der Waals surface area contributed by atoms with Crippen molar-refractivity contribution in [1.82, 2.24) is 0 Å². The average molecular weight is 325 g/mol. The van der Waals surface area contributed by atoms with Gasteiger partial charge < -0.3 is 4.74 Å². The lowest BCUT2D eigenvalue weighted by molar-refractivity contribution is -0.0294. The van der Waals surface area contributed by atoms with Gasteiger partial charge in [-0.1, -0.05) is 19.9 Å². The van der Waals surface area contributed by atoms with E-state index in [0.29, 0.717) is 10.8 Å². The Morgan fingerprint density at radius 1 is 0.958 bits per heavy atom. The van der Waals surface area contributed by atoms with Crippen LogP contribution in [0.25, 0.3) is 0 Å².